The quantitative estimate of drug-likeness (QED) is 0.522. The number of aryl methyl sites for hydroxylation is 1. The minimum absolute atomic E-state index is 0. The summed E-state index contributed by atoms with van der Waals surface area (Å²) in [4.78, 5) is 8.71. The van der Waals surface area contributed by atoms with Crippen molar-refractivity contribution in [3.63, 3.8) is 0 Å². The largest absolute Gasteiger partial charge is 2.00 e. The Morgan fingerprint density at radius 2 is 2.00 bits per heavy atom. The Hall–Kier alpha value is 0.0462. The molecule has 0 heterocycles. The van der Waals surface area contributed by atoms with Crippen LogP contribution in [0.2, 0.25) is 0 Å². The van der Waals surface area contributed by atoms with Gasteiger partial charge < -0.3 is 2.85 Å². The Morgan fingerprint density at radius 3 is 2.36 bits per heavy atom. The van der Waals surface area contributed by atoms with Gasteiger partial charge >= 0.3 is 31.1 Å². The van der Waals surface area contributed by atoms with Crippen molar-refractivity contribution < 1.29 is 12.3 Å². The van der Waals surface area contributed by atoms with Crippen LogP contribution in [0.4, 0.5) is 0 Å². The van der Waals surface area contributed by atoms with Gasteiger partial charge in [-0.15, -0.1) is 0 Å². The van der Waals surface area contributed by atoms with Gasteiger partial charge in [0.25, 0.3) is 0 Å². The number of benzene rings is 1. The second-order valence-corrected chi connectivity index (χ2v) is 3.09. The molecule has 0 saturated heterocycles. The van der Waals surface area contributed by atoms with Gasteiger partial charge in [0.1, 0.15) is 0 Å². The summed E-state index contributed by atoms with van der Waals surface area (Å²) in [5, 5.41) is 0.525. The molecule has 1 unspecified atom stereocenters. The van der Waals surface area contributed by atoms with E-state index in [4.69, 9.17) is 4.89 Å². The molecule has 0 amide bonds. The Morgan fingerprint density at radius 1 is 1.45 bits per heavy atom. The van der Waals surface area contributed by atoms with Gasteiger partial charge in [0.2, 0.25) is 5.30 Å². The van der Waals surface area contributed by atoms with Gasteiger partial charge in [-0.05, 0) is 17.6 Å². The molecule has 0 saturated carbocycles. The molecule has 4 heteroatoms. The van der Waals surface area contributed by atoms with Crippen LogP contribution in [0.1, 0.15) is 8.42 Å². The van der Waals surface area contributed by atoms with Crippen LogP contribution in [0.25, 0.3) is 0 Å². The van der Waals surface area contributed by atoms with Crippen LogP contribution in [0.15, 0.2) is 24.3 Å². The van der Waals surface area contributed by atoms with Gasteiger partial charge in [0.05, 0.1) is 0 Å². The fraction of sp³-hybridized carbons (Fsp3) is 0.143. The average Bonchev–Trinajstić information content (AvgIpc) is 1.88. The van der Waals surface area contributed by atoms with E-state index < -0.39 is 8.03 Å². The Bertz CT molecular complexity index is 270. The van der Waals surface area contributed by atoms with Crippen molar-refractivity contribution in [1.82, 2.24) is 0 Å². The fourth-order valence-corrected chi connectivity index (χ4v) is 1.37. The van der Waals surface area contributed by atoms with E-state index in [1.807, 2.05) is 19.1 Å². The van der Waals surface area contributed by atoms with Crippen molar-refractivity contribution >= 4 is 36.4 Å². The normalized spacial score (nSPS) is 10.2. The molecule has 1 aromatic carbocycles. The van der Waals surface area contributed by atoms with Crippen molar-refractivity contribution in [3.05, 3.63) is 29.8 Å². The third-order valence-electron chi connectivity index (χ3n) is 1.32. The summed E-state index contributed by atoms with van der Waals surface area (Å²) in [6.07, 6.45) is 0. The molecule has 0 bridgehead atoms. The molecule has 56 valence electrons. The summed E-state index contributed by atoms with van der Waals surface area (Å²) in [6, 6.07) is 7.08. The third-order valence-corrected chi connectivity index (χ3v) is 2.24. The van der Waals surface area contributed by atoms with E-state index in [9.17, 15) is 4.57 Å². The maximum Gasteiger partial charge on any atom is 2.00 e. The van der Waals surface area contributed by atoms with Crippen LogP contribution in [-0.2, 0) is 4.57 Å². The molecule has 11 heavy (non-hydrogen) atoms. The summed E-state index contributed by atoms with van der Waals surface area (Å²) >= 11 is 0. The van der Waals surface area contributed by atoms with Gasteiger partial charge in [-0.3, -0.25) is 0 Å². The molecule has 0 aliphatic rings. The van der Waals surface area contributed by atoms with Crippen molar-refractivity contribution in [3.8, 4) is 0 Å². The van der Waals surface area contributed by atoms with Crippen LogP contribution in [0.3, 0.4) is 0 Å². The maximum atomic E-state index is 10.6. The maximum absolute atomic E-state index is 10.6. The van der Waals surface area contributed by atoms with Gasteiger partial charge in [-0.1, -0.05) is 18.2 Å². The van der Waals surface area contributed by atoms with Gasteiger partial charge in [-0.2, -0.15) is 4.89 Å². The predicted octanol–water partition coefficient (Wildman–Crippen LogP) is 1.20. The smallest absolute Gasteiger partial charge is 1.00 e. The Kier molecular flexibility index (Phi) is 4.85. The van der Waals surface area contributed by atoms with Crippen molar-refractivity contribution in [1.29, 1.82) is 0 Å². The number of hydrogen-bond donors (Lipinski definition) is 1. The third kappa shape index (κ3) is 2.87. The van der Waals surface area contributed by atoms with E-state index >= 15 is 0 Å². The zero-order chi connectivity index (χ0) is 7.56. The number of rotatable bonds is 1. The van der Waals surface area contributed by atoms with E-state index in [0.717, 1.165) is 5.56 Å². The molecule has 0 aliphatic carbocycles. The second-order valence-electron chi connectivity index (χ2n) is 2.06. The summed E-state index contributed by atoms with van der Waals surface area (Å²) in [5.74, 6) is 0. The molecule has 0 aromatic heterocycles. The zero-order valence-electron chi connectivity index (χ0n) is 8.32. The van der Waals surface area contributed by atoms with E-state index in [0.29, 0.717) is 5.30 Å². The molecule has 1 N–H and O–H groups in total. The minimum atomic E-state index is -2.17. The first-order valence-electron chi connectivity index (χ1n) is 2.93. The second kappa shape index (κ2) is 4.83. The molecule has 0 fully saturated rings. The molecular weight excluding hydrogens is 171 g/mol. The summed E-state index contributed by atoms with van der Waals surface area (Å²) in [5.41, 5.74) is 0.867. The zero-order valence-corrected chi connectivity index (χ0v) is 8.63. The first kappa shape index (κ1) is 11.0. The van der Waals surface area contributed by atoms with Crippen molar-refractivity contribution in [2.75, 3.05) is 0 Å². The summed E-state index contributed by atoms with van der Waals surface area (Å²) in [6.45, 7) is 1.82. The first-order valence-corrected chi connectivity index (χ1v) is 4.15. The standard InChI is InChI=1S/C7H7O2P.Mg.2H/c1-6-4-2-3-5-7(6)10(8)9;;;/h2-5H,1H3;;;/q;+2;2*-1/p+1. The van der Waals surface area contributed by atoms with Gasteiger partial charge in [-0.25, -0.2) is 0 Å². The van der Waals surface area contributed by atoms with Crippen LogP contribution in [0, 0.1) is 6.92 Å². The van der Waals surface area contributed by atoms with Gasteiger partial charge in [0.15, 0.2) is 0 Å². The van der Waals surface area contributed by atoms with Gasteiger partial charge in [0, 0.05) is 5.56 Å². The van der Waals surface area contributed by atoms with Crippen molar-refractivity contribution in [2.24, 2.45) is 0 Å². The molecule has 0 spiro atoms. The molecule has 2 nitrogen and oxygen atoms in total. The predicted molar refractivity (Wildman–Crippen MR) is 48.6 cm³/mol. The van der Waals surface area contributed by atoms with Crippen LogP contribution < -0.4 is 5.30 Å². The fourth-order valence-electron chi connectivity index (χ4n) is 0.778. The van der Waals surface area contributed by atoms with Crippen LogP contribution >= 0.6 is 8.03 Å². The van der Waals surface area contributed by atoms with Crippen molar-refractivity contribution in [2.45, 2.75) is 6.92 Å². The Balaban J connectivity index is -0.000000333. The SMILES string of the molecule is Cc1ccccc1[P+](=O)O.[H-].[H-].[Mg+2]. The molecule has 1 aromatic rings. The topological polar surface area (TPSA) is 37.3 Å². The molecular formula is C7H10MgO2P+. The number of hydrogen-bond acceptors (Lipinski definition) is 1. The van der Waals surface area contributed by atoms with Crippen LogP contribution in [-0.4, -0.2) is 27.9 Å². The molecule has 1 rings (SSSR count). The summed E-state index contributed by atoms with van der Waals surface area (Å²) in [7, 11) is -2.17. The molecule has 1 atom stereocenters. The Labute approximate surface area is 85.6 Å². The van der Waals surface area contributed by atoms with E-state index in [1.165, 1.54) is 0 Å². The first-order chi connectivity index (χ1) is 4.72. The van der Waals surface area contributed by atoms with E-state index in [-0.39, 0.29) is 25.9 Å². The van der Waals surface area contributed by atoms with E-state index in [1.54, 1.807) is 12.1 Å². The minimum Gasteiger partial charge on any atom is -1.00 e. The van der Waals surface area contributed by atoms with Crippen LogP contribution in [0.5, 0.6) is 0 Å². The summed E-state index contributed by atoms with van der Waals surface area (Å²) < 4.78 is 10.6. The molecule has 0 radical (unpaired) electrons. The monoisotopic (exact) mass is 181 g/mol. The average molecular weight is 181 g/mol. The molecule has 0 aliphatic heterocycles. The van der Waals surface area contributed by atoms with E-state index in [2.05, 4.69) is 0 Å².